The van der Waals surface area contributed by atoms with Crippen molar-refractivity contribution in [2.75, 3.05) is 12.4 Å². The molecule has 1 heterocycles. The van der Waals surface area contributed by atoms with Crippen molar-refractivity contribution in [3.63, 3.8) is 0 Å². The van der Waals surface area contributed by atoms with Crippen LogP contribution in [0, 0.1) is 0 Å². The minimum Gasteiger partial charge on any atom is -0.394 e. The minimum atomic E-state index is -0.484. The molecule has 5 heteroatoms. The maximum Gasteiger partial charge on any atom is 0.0960 e. The van der Waals surface area contributed by atoms with E-state index in [1.165, 1.54) is 0 Å². The predicted octanol–water partition coefficient (Wildman–Crippen LogP) is 2.04. The van der Waals surface area contributed by atoms with Gasteiger partial charge in [-0.2, -0.15) is 0 Å². The Morgan fingerprint density at radius 2 is 2.33 bits per heavy atom. The number of nitrogens with two attached hydrogens (primary N) is 1. The standard InChI is InChI=1S/C10H15BrN2OS/c1-10(12,7-14)4-5-15-9-3-2-8(11)6-13-9/h2-3,6,14H,4-5,7,12H2,1H3. The molecule has 0 amide bonds. The Bertz CT molecular complexity index is 303. The zero-order valence-electron chi connectivity index (χ0n) is 8.61. The van der Waals surface area contributed by atoms with Gasteiger partial charge in [-0.15, -0.1) is 11.8 Å². The second-order valence-electron chi connectivity index (χ2n) is 3.73. The molecule has 1 unspecified atom stereocenters. The normalized spacial score (nSPS) is 14.9. The van der Waals surface area contributed by atoms with Crippen LogP contribution >= 0.6 is 27.7 Å². The summed E-state index contributed by atoms with van der Waals surface area (Å²) >= 11 is 4.98. The Morgan fingerprint density at radius 3 is 2.87 bits per heavy atom. The monoisotopic (exact) mass is 290 g/mol. The lowest BCUT2D eigenvalue weighted by molar-refractivity contribution is 0.206. The Kier molecular flexibility index (Phi) is 5.05. The van der Waals surface area contributed by atoms with E-state index in [1.54, 1.807) is 18.0 Å². The number of halogens is 1. The van der Waals surface area contributed by atoms with E-state index in [9.17, 15) is 0 Å². The summed E-state index contributed by atoms with van der Waals surface area (Å²) in [7, 11) is 0. The van der Waals surface area contributed by atoms with Crippen LogP contribution in [-0.4, -0.2) is 28.0 Å². The first kappa shape index (κ1) is 13.0. The fourth-order valence-electron chi connectivity index (χ4n) is 0.915. The zero-order valence-corrected chi connectivity index (χ0v) is 11.0. The zero-order chi connectivity index (χ0) is 11.3. The molecular formula is C10H15BrN2OS. The number of hydrogen-bond acceptors (Lipinski definition) is 4. The number of nitrogens with zero attached hydrogens (tertiary/aromatic N) is 1. The number of aliphatic hydroxyl groups is 1. The van der Waals surface area contributed by atoms with Crippen LogP contribution in [0.15, 0.2) is 27.8 Å². The molecular weight excluding hydrogens is 276 g/mol. The van der Waals surface area contributed by atoms with Gasteiger partial charge in [-0.1, -0.05) is 0 Å². The van der Waals surface area contributed by atoms with Gasteiger partial charge in [0.2, 0.25) is 0 Å². The third-order valence-corrected chi connectivity index (χ3v) is 3.40. The molecule has 1 rings (SSSR count). The average Bonchev–Trinajstić information content (AvgIpc) is 2.21. The van der Waals surface area contributed by atoms with Gasteiger partial charge in [0.05, 0.1) is 11.6 Å². The molecule has 0 saturated heterocycles. The molecule has 0 bridgehead atoms. The van der Waals surface area contributed by atoms with Gasteiger partial charge in [0.25, 0.3) is 0 Å². The summed E-state index contributed by atoms with van der Waals surface area (Å²) in [5.41, 5.74) is 5.33. The molecule has 0 radical (unpaired) electrons. The van der Waals surface area contributed by atoms with Crippen molar-refractivity contribution in [1.29, 1.82) is 0 Å². The largest absolute Gasteiger partial charge is 0.394 e. The highest BCUT2D eigenvalue weighted by Crippen LogP contribution is 2.20. The van der Waals surface area contributed by atoms with Gasteiger partial charge in [0, 0.05) is 22.0 Å². The first-order chi connectivity index (χ1) is 7.03. The Labute approximate surface area is 103 Å². The van der Waals surface area contributed by atoms with E-state index in [0.717, 1.165) is 21.7 Å². The highest BCUT2D eigenvalue weighted by atomic mass is 79.9. The molecule has 0 spiro atoms. The molecule has 84 valence electrons. The molecule has 0 fully saturated rings. The number of aliphatic hydroxyl groups excluding tert-OH is 1. The number of aromatic nitrogens is 1. The van der Waals surface area contributed by atoms with Crippen LogP contribution in [0.25, 0.3) is 0 Å². The molecule has 15 heavy (non-hydrogen) atoms. The van der Waals surface area contributed by atoms with Gasteiger partial charge >= 0.3 is 0 Å². The lowest BCUT2D eigenvalue weighted by atomic mass is 10.0. The lowest BCUT2D eigenvalue weighted by Crippen LogP contribution is -2.40. The van der Waals surface area contributed by atoms with Gasteiger partial charge in [-0.3, -0.25) is 0 Å². The van der Waals surface area contributed by atoms with Crippen molar-refractivity contribution < 1.29 is 5.11 Å². The molecule has 0 saturated carbocycles. The maximum atomic E-state index is 8.97. The number of hydrogen-bond donors (Lipinski definition) is 2. The summed E-state index contributed by atoms with van der Waals surface area (Å²) in [6.45, 7) is 1.86. The van der Waals surface area contributed by atoms with Crippen LogP contribution in [0.3, 0.4) is 0 Å². The summed E-state index contributed by atoms with van der Waals surface area (Å²) in [6, 6.07) is 3.92. The first-order valence-electron chi connectivity index (χ1n) is 4.67. The first-order valence-corrected chi connectivity index (χ1v) is 6.45. The predicted molar refractivity (Wildman–Crippen MR) is 67.0 cm³/mol. The number of thioether (sulfide) groups is 1. The fraction of sp³-hybridized carbons (Fsp3) is 0.500. The van der Waals surface area contributed by atoms with E-state index in [1.807, 2.05) is 19.1 Å². The molecule has 3 N–H and O–H groups in total. The minimum absolute atomic E-state index is 0.0152. The molecule has 1 aromatic rings. The molecule has 0 aliphatic carbocycles. The molecule has 3 nitrogen and oxygen atoms in total. The highest BCUT2D eigenvalue weighted by molar-refractivity contribution is 9.10. The topological polar surface area (TPSA) is 59.1 Å². The summed E-state index contributed by atoms with van der Waals surface area (Å²) in [5.74, 6) is 0.863. The summed E-state index contributed by atoms with van der Waals surface area (Å²) in [6.07, 6.45) is 2.54. The van der Waals surface area contributed by atoms with Gasteiger partial charge in [0.1, 0.15) is 0 Å². The Hall–Kier alpha value is -0.100. The smallest absolute Gasteiger partial charge is 0.0960 e. The third-order valence-electron chi connectivity index (χ3n) is 1.98. The van der Waals surface area contributed by atoms with Crippen molar-refractivity contribution in [2.24, 2.45) is 5.73 Å². The SMILES string of the molecule is CC(N)(CO)CCSc1ccc(Br)cn1. The van der Waals surface area contributed by atoms with E-state index in [4.69, 9.17) is 10.8 Å². The van der Waals surface area contributed by atoms with Crippen LogP contribution in [0.5, 0.6) is 0 Å². The van der Waals surface area contributed by atoms with Crippen LogP contribution in [-0.2, 0) is 0 Å². The fourth-order valence-corrected chi connectivity index (χ4v) is 2.22. The van der Waals surface area contributed by atoms with E-state index < -0.39 is 5.54 Å². The summed E-state index contributed by atoms with van der Waals surface area (Å²) in [5, 5.41) is 9.95. The second kappa shape index (κ2) is 5.84. The van der Waals surface area contributed by atoms with Crippen LogP contribution in [0.2, 0.25) is 0 Å². The highest BCUT2D eigenvalue weighted by Gasteiger charge is 2.16. The molecule has 0 aromatic carbocycles. The van der Waals surface area contributed by atoms with Gasteiger partial charge < -0.3 is 10.8 Å². The molecule has 0 aliphatic heterocycles. The lowest BCUT2D eigenvalue weighted by Gasteiger charge is -2.20. The van der Waals surface area contributed by atoms with Crippen LogP contribution in [0.1, 0.15) is 13.3 Å². The van der Waals surface area contributed by atoms with E-state index in [-0.39, 0.29) is 6.61 Å². The van der Waals surface area contributed by atoms with E-state index >= 15 is 0 Å². The average molecular weight is 291 g/mol. The summed E-state index contributed by atoms with van der Waals surface area (Å²) < 4.78 is 0.978. The Balaban J connectivity index is 2.35. The van der Waals surface area contributed by atoms with Crippen molar-refractivity contribution >= 4 is 27.7 Å². The molecule has 0 aliphatic rings. The maximum absolute atomic E-state index is 8.97. The van der Waals surface area contributed by atoms with Gasteiger partial charge in [0.15, 0.2) is 0 Å². The summed E-state index contributed by atoms with van der Waals surface area (Å²) in [4.78, 5) is 4.24. The third kappa shape index (κ3) is 4.97. The number of rotatable bonds is 5. The molecule has 1 aromatic heterocycles. The quantitative estimate of drug-likeness (QED) is 0.815. The van der Waals surface area contributed by atoms with E-state index in [2.05, 4.69) is 20.9 Å². The van der Waals surface area contributed by atoms with Crippen LogP contribution < -0.4 is 5.73 Å². The van der Waals surface area contributed by atoms with Crippen LogP contribution in [0.4, 0.5) is 0 Å². The van der Waals surface area contributed by atoms with E-state index in [0.29, 0.717) is 0 Å². The second-order valence-corrected chi connectivity index (χ2v) is 5.76. The van der Waals surface area contributed by atoms with Crippen molar-refractivity contribution in [1.82, 2.24) is 4.98 Å². The van der Waals surface area contributed by atoms with Crippen molar-refractivity contribution in [3.8, 4) is 0 Å². The Morgan fingerprint density at radius 1 is 1.60 bits per heavy atom. The van der Waals surface area contributed by atoms with Gasteiger partial charge in [-0.05, 0) is 41.4 Å². The van der Waals surface area contributed by atoms with Gasteiger partial charge in [-0.25, -0.2) is 4.98 Å². The molecule has 1 atom stereocenters. The van der Waals surface area contributed by atoms with Crippen molar-refractivity contribution in [3.05, 3.63) is 22.8 Å². The van der Waals surface area contributed by atoms with Crippen molar-refractivity contribution in [2.45, 2.75) is 23.9 Å². The number of pyridine rings is 1.